The van der Waals surface area contributed by atoms with Crippen molar-refractivity contribution in [3.63, 3.8) is 0 Å². The zero-order valence-electron chi connectivity index (χ0n) is 16.6. The normalized spacial score (nSPS) is 16.5. The molecule has 1 unspecified atom stereocenters. The second kappa shape index (κ2) is 8.11. The third-order valence-corrected chi connectivity index (χ3v) is 5.29. The van der Waals surface area contributed by atoms with Crippen LogP contribution in [0, 0.1) is 13.8 Å². The lowest BCUT2D eigenvalue weighted by Crippen LogP contribution is -2.31. The molecule has 0 spiro atoms. The van der Waals surface area contributed by atoms with Crippen molar-refractivity contribution in [2.75, 3.05) is 40.9 Å². The Hall–Kier alpha value is -2.04. The number of ether oxygens (including phenoxy) is 2. The van der Waals surface area contributed by atoms with Crippen LogP contribution >= 0.6 is 0 Å². The van der Waals surface area contributed by atoms with Gasteiger partial charge in [0.25, 0.3) is 0 Å². The van der Waals surface area contributed by atoms with E-state index in [1.807, 2.05) is 0 Å². The zero-order valence-corrected chi connectivity index (χ0v) is 16.6. The maximum absolute atomic E-state index is 5.92. The highest BCUT2D eigenvalue weighted by Crippen LogP contribution is 2.35. The van der Waals surface area contributed by atoms with E-state index >= 15 is 0 Å². The lowest BCUT2D eigenvalue weighted by atomic mass is 9.86. The van der Waals surface area contributed by atoms with Gasteiger partial charge < -0.3 is 19.7 Å². The molecule has 0 aliphatic carbocycles. The van der Waals surface area contributed by atoms with Crippen LogP contribution < -0.4 is 14.8 Å². The van der Waals surface area contributed by atoms with Crippen LogP contribution in [0.1, 0.15) is 33.9 Å². The van der Waals surface area contributed by atoms with Crippen molar-refractivity contribution in [3.05, 3.63) is 58.1 Å². The van der Waals surface area contributed by atoms with Gasteiger partial charge in [-0.2, -0.15) is 0 Å². The Morgan fingerprint density at radius 3 is 2.58 bits per heavy atom. The lowest BCUT2D eigenvalue weighted by molar-refractivity contribution is 0.261. The van der Waals surface area contributed by atoms with Gasteiger partial charge in [0, 0.05) is 13.1 Å². The van der Waals surface area contributed by atoms with Gasteiger partial charge in [-0.25, -0.2) is 0 Å². The van der Waals surface area contributed by atoms with Crippen LogP contribution in [0.4, 0.5) is 0 Å². The van der Waals surface area contributed by atoms with Gasteiger partial charge in [0.1, 0.15) is 18.1 Å². The van der Waals surface area contributed by atoms with Crippen molar-refractivity contribution in [1.82, 2.24) is 10.2 Å². The van der Waals surface area contributed by atoms with Crippen molar-refractivity contribution in [3.8, 4) is 11.5 Å². The molecule has 0 amide bonds. The molecule has 0 bridgehead atoms. The van der Waals surface area contributed by atoms with Crippen LogP contribution in [0.25, 0.3) is 0 Å². The molecule has 2 aromatic carbocycles. The van der Waals surface area contributed by atoms with Gasteiger partial charge in [-0.15, -0.1) is 0 Å². The Kier molecular flexibility index (Phi) is 5.84. The minimum absolute atomic E-state index is 0.221. The van der Waals surface area contributed by atoms with Crippen LogP contribution in [0.15, 0.2) is 30.3 Å². The quantitative estimate of drug-likeness (QED) is 0.861. The Morgan fingerprint density at radius 1 is 1.08 bits per heavy atom. The van der Waals surface area contributed by atoms with Crippen LogP contribution in [0.5, 0.6) is 11.5 Å². The molecule has 0 radical (unpaired) electrons. The summed E-state index contributed by atoms with van der Waals surface area (Å²) in [5.41, 5.74) is 6.56. The van der Waals surface area contributed by atoms with Gasteiger partial charge >= 0.3 is 0 Å². The van der Waals surface area contributed by atoms with E-state index in [9.17, 15) is 0 Å². The van der Waals surface area contributed by atoms with Crippen molar-refractivity contribution in [1.29, 1.82) is 0 Å². The number of benzene rings is 2. The SMILES string of the molecule is COc1ccc(C2NCCc3cc(OCCN(C)C)ccc32)c(C)c1C. The van der Waals surface area contributed by atoms with Crippen LogP contribution in [-0.4, -0.2) is 45.8 Å². The lowest BCUT2D eigenvalue weighted by Gasteiger charge is -2.29. The summed E-state index contributed by atoms with van der Waals surface area (Å²) in [5.74, 6) is 1.92. The second-order valence-corrected chi connectivity index (χ2v) is 7.26. The van der Waals surface area contributed by atoms with E-state index in [0.29, 0.717) is 6.61 Å². The third kappa shape index (κ3) is 3.87. The standard InChI is InChI=1S/C22H30N2O2/c1-15-16(2)21(25-5)9-8-19(15)22-20-7-6-18(26-13-12-24(3)4)14-17(20)10-11-23-22/h6-9,14,22-23H,10-13H2,1-5H3. The molecule has 0 aromatic heterocycles. The van der Waals surface area contributed by atoms with Gasteiger partial charge in [-0.05, 0) is 80.4 Å². The second-order valence-electron chi connectivity index (χ2n) is 7.26. The third-order valence-electron chi connectivity index (χ3n) is 5.29. The van der Waals surface area contributed by atoms with E-state index in [1.54, 1.807) is 7.11 Å². The average Bonchev–Trinajstić information content (AvgIpc) is 2.63. The Balaban J connectivity index is 1.86. The van der Waals surface area contributed by atoms with Gasteiger partial charge in [0.2, 0.25) is 0 Å². The summed E-state index contributed by atoms with van der Waals surface area (Å²) in [6.45, 7) is 6.92. The van der Waals surface area contributed by atoms with Crippen LogP contribution in [0.3, 0.4) is 0 Å². The molecular formula is C22H30N2O2. The first-order valence-electron chi connectivity index (χ1n) is 9.29. The number of rotatable bonds is 6. The fourth-order valence-electron chi connectivity index (χ4n) is 3.61. The number of nitrogens with one attached hydrogen (secondary N) is 1. The maximum atomic E-state index is 5.92. The average molecular weight is 354 g/mol. The van der Waals surface area contributed by atoms with Gasteiger partial charge in [-0.1, -0.05) is 12.1 Å². The molecule has 0 fully saturated rings. The van der Waals surface area contributed by atoms with Crippen molar-refractivity contribution >= 4 is 0 Å². The number of hydrogen-bond donors (Lipinski definition) is 1. The highest BCUT2D eigenvalue weighted by molar-refractivity contribution is 5.50. The molecule has 3 rings (SSSR count). The van der Waals surface area contributed by atoms with Crippen LogP contribution in [0.2, 0.25) is 0 Å². The largest absolute Gasteiger partial charge is 0.496 e. The molecule has 0 saturated carbocycles. The molecule has 1 heterocycles. The van der Waals surface area contributed by atoms with E-state index < -0.39 is 0 Å². The monoisotopic (exact) mass is 354 g/mol. The summed E-state index contributed by atoms with van der Waals surface area (Å²) in [6, 6.07) is 11.0. The number of nitrogens with zero attached hydrogens (tertiary/aromatic N) is 1. The topological polar surface area (TPSA) is 33.7 Å². The Bertz CT molecular complexity index is 771. The number of likely N-dealkylation sites (N-methyl/N-ethyl adjacent to an activating group) is 1. The number of fused-ring (bicyclic) bond motifs is 1. The molecule has 140 valence electrons. The summed E-state index contributed by atoms with van der Waals surface area (Å²) >= 11 is 0. The highest BCUT2D eigenvalue weighted by Gasteiger charge is 2.24. The first-order valence-corrected chi connectivity index (χ1v) is 9.29. The molecule has 4 nitrogen and oxygen atoms in total. The summed E-state index contributed by atoms with van der Waals surface area (Å²) in [4.78, 5) is 2.13. The Morgan fingerprint density at radius 2 is 1.85 bits per heavy atom. The highest BCUT2D eigenvalue weighted by atomic mass is 16.5. The number of methoxy groups -OCH3 is 1. The molecule has 1 N–H and O–H groups in total. The van der Waals surface area contributed by atoms with Crippen molar-refractivity contribution in [2.24, 2.45) is 0 Å². The maximum Gasteiger partial charge on any atom is 0.122 e. The van der Waals surface area contributed by atoms with Gasteiger partial charge in [0.05, 0.1) is 13.2 Å². The summed E-state index contributed by atoms with van der Waals surface area (Å²) in [6.07, 6.45) is 1.03. The smallest absolute Gasteiger partial charge is 0.122 e. The summed E-state index contributed by atoms with van der Waals surface area (Å²) in [7, 11) is 5.85. The van der Waals surface area contributed by atoms with Crippen molar-refractivity contribution < 1.29 is 9.47 Å². The molecule has 0 saturated heterocycles. The molecule has 4 heteroatoms. The molecule has 1 aliphatic rings. The van der Waals surface area contributed by atoms with E-state index in [-0.39, 0.29) is 6.04 Å². The fourth-order valence-corrected chi connectivity index (χ4v) is 3.61. The van der Waals surface area contributed by atoms with Crippen LogP contribution in [-0.2, 0) is 6.42 Å². The summed E-state index contributed by atoms with van der Waals surface area (Å²) in [5, 5.41) is 3.69. The van der Waals surface area contributed by atoms with E-state index in [2.05, 4.69) is 68.5 Å². The molecule has 26 heavy (non-hydrogen) atoms. The summed E-state index contributed by atoms with van der Waals surface area (Å²) < 4.78 is 11.4. The number of hydrogen-bond acceptors (Lipinski definition) is 4. The molecule has 2 aromatic rings. The van der Waals surface area contributed by atoms with Gasteiger partial charge in [-0.3, -0.25) is 0 Å². The van der Waals surface area contributed by atoms with Crippen molar-refractivity contribution in [2.45, 2.75) is 26.3 Å². The molecular weight excluding hydrogens is 324 g/mol. The van der Waals surface area contributed by atoms with E-state index in [0.717, 1.165) is 31.0 Å². The minimum Gasteiger partial charge on any atom is -0.496 e. The minimum atomic E-state index is 0.221. The van der Waals surface area contributed by atoms with E-state index in [4.69, 9.17) is 9.47 Å². The predicted octanol–water partition coefficient (Wildman–Crippen LogP) is 3.49. The first-order chi connectivity index (χ1) is 12.5. The predicted molar refractivity (Wildman–Crippen MR) is 107 cm³/mol. The van der Waals surface area contributed by atoms with E-state index in [1.165, 1.54) is 27.8 Å². The fraction of sp³-hybridized carbons (Fsp3) is 0.455. The molecule has 1 atom stereocenters. The Labute approximate surface area is 157 Å². The first kappa shape index (κ1) is 18.7. The zero-order chi connectivity index (χ0) is 18.7. The molecule has 1 aliphatic heterocycles. The van der Waals surface area contributed by atoms with Gasteiger partial charge in [0.15, 0.2) is 0 Å².